The molecular weight excluding hydrogens is 214 g/mol. The maximum Gasteiger partial charge on any atom is 0.258 e. The van der Waals surface area contributed by atoms with Crippen molar-refractivity contribution >= 4 is 11.6 Å². The van der Waals surface area contributed by atoms with E-state index in [0.717, 1.165) is 11.3 Å². The zero-order valence-electron chi connectivity index (χ0n) is 10.0. The Balaban J connectivity index is 2.18. The second-order valence-corrected chi connectivity index (χ2v) is 4.63. The van der Waals surface area contributed by atoms with Gasteiger partial charge in [0.25, 0.3) is 5.91 Å². The molecule has 4 nitrogen and oxygen atoms in total. The van der Waals surface area contributed by atoms with Gasteiger partial charge in [-0.15, -0.1) is 0 Å². The van der Waals surface area contributed by atoms with Crippen LogP contribution in [-0.2, 0) is 4.79 Å². The van der Waals surface area contributed by atoms with Crippen LogP contribution in [0.5, 0.6) is 0 Å². The van der Waals surface area contributed by atoms with Gasteiger partial charge in [0.1, 0.15) is 5.41 Å². The highest BCUT2D eigenvalue weighted by molar-refractivity contribution is 5.87. The minimum Gasteiger partial charge on any atom is -0.285 e. The number of amides is 1. The van der Waals surface area contributed by atoms with E-state index in [-0.39, 0.29) is 5.91 Å². The number of hydrogen-bond acceptors (Lipinski definition) is 3. The molecule has 88 valence electrons. The first-order valence-corrected chi connectivity index (χ1v) is 5.62. The van der Waals surface area contributed by atoms with Crippen LogP contribution in [0, 0.1) is 23.7 Å². The molecule has 1 N–H and O–H groups in total. The molecule has 4 heteroatoms. The van der Waals surface area contributed by atoms with Gasteiger partial charge < -0.3 is 0 Å². The van der Waals surface area contributed by atoms with Crippen molar-refractivity contribution in [1.82, 2.24) is 5.43 Å². The molecule has 1 aromatic carbocycles. The molecule has 2 rings (SSSR count). The lowest BCUT2D eigenvalue weighted by Crippen LogP contribution is -2.55. The molecule has 1 saturated heterocycles. The highest BCUT2D eigenvalue weighted by Crippen LogP contribution is 2.27. The van der Waals surface area contributed by atoms with Crippen molar-refractivity contribution in [3.8, 4) is 6.07 Å². The lowest BCUT2D eigenvalue weighted by molar-refractivity contribution is -0.129. The summed E-state index contributed by atoms with van der Waals surface area (Å²) in [7, 11) is 0. The molecule has 1 aromatic rings. The van der Waals surface area contributed by atoms with E-state index >= 15 is 0 Å². The van der Waals surface area contributed by atoms with Crippen molar-refractivity contribution in [2.45, 2.75) is 20.3 Å². The smallest absolute Gasteiger partial charge is 0.258 e. The zero-order valence-corrected chi connectivity index (χ0v) is 10.0. The van der Waals surface area contributed by atoms with Crippen LogP contribution in [0.1, 0.15) is 18.9 Å². The predicted octanol–water partition coefficient (Wildman–Crippen LogP) is 1.77. The molecule has 0 aromatic heterocycles. The monoisotopic (exact) mass is 229 g/mol. The molecule has 1 heterocycles. The third kappa shape index (κ3) is 2.09. The second kappa shape index (κ2) is 4.10. The Morgan fingerprint density at radius 2 is 2.29 bits per heavy atom. The van der Waals surface area contributed by atoms with E-state index in [0.29, 0.717) is 13.0 Å². The number of hydrogen-bond donors (Lipinski definition) is 1. The van der Waals surface area contributed by atoms with Gasteiger partial charge in [0.2, 0.25) is 0 Å². The molecule has 0 aliphatic carbocycles. The number of rotatable bonds is 1. The first kappa shape index (κ1) is 11.5. The fourth-order valence-corrected chi connectivity index (χ4v) is 1.85. The van der Waals surface area contributed by atoms with Gasteiger partial charge in [-0.25, -0.2) is 0 Å². The molecule has 1 unspecified atom stereocenters. The maximum atomic E-state index is 11.8. The van der Waals surface area contributed by atoms with Gasteiger partial charge in [0, 0.05) is 6.54 Å². The number of nitriles is 1. The third-order valence-electron chi connectivity index (χ3n) is 3.13. The quantitative estimate of drug-likeness (QED) is 0.798. The first-order chi connectivity index (χ1) is 8.05. The molecule has 0 bridgehead atoms. The van der Waals surface area contributed by atoms with E-state index in [1.807, 2.05) is 31.2 Å². The van der Waals surface area contributed by atoms with Gasteiger partial charge in [0.05, 0.1) is 11.8 Å². The number of carbonyl (C=O) groups excluding carboxylic acids is 1. The van der Waals surface area contributed by atoms with E-state index in [1.165, 1.54) is 0 Å². The fraction of sp³-hybridized carbons (Fsp3) is 0.385. The van der Waals surface area contributed by atoms with E-state index in [2.05, 4.69) is 11.5 Å². The number of benzene rings is 1. The van der Waals surface area contributed by atoms with Crippen molar-refractivity contribution in [2.24, 2.45) is 5.41 Å². The molecule has 1 fully saturated rings. The predicted molar refractivity (Wildman–Crippen MR) is 65.0 cm³/mol. The van der Waals surface area contributed by atoms with Crippen LogP contribution >= 0.6 is 0 Å². The van der Waals surface area contributed by atoms with E-state index in [9.17, 15) is 4.79 Å². The van der Waals surface area contributed by atoms with Crippen LogP contribution in [0.25, 0.3) is 0 Å². The first-order valence-electron chi connectivity index (χ1n) is 5.62. The van der Waals surface area contributed by atoms with Crippen molar-refractivity contribution < 1.29 is 4.79 Å². The SMILES string of the molecule is Cc1cccc(N2CCC(C)(C#N)C(=O)N2)c1. The van der Waals surface area contributed by atoms with Crippen LogP contribution in [-0.4, -0.2) is 12.5 Å². The summed E-state index contributed by atoms with van der Waals surface area (Å²) in [5.41, 5.74) is 3.97. The van der Waals surface area contributed by atoms with Crippen LogP contribution in [0.4, 0.5) is 5.69 Å². The molecule has 1 atom stereocenters. The van der Waals surface area contributed by atoms with Crippen molar-refractivity contribution in [1.29, 1.82) is 5.26 Å². The Morgan fingerprint density at radius 1 is 1.53 bits per heavy atom. The summed E-state index contributed by atoms with van der Waals surface area (Å²) < 4.78 is 0. The summed E-state index contributed by atoms with van der Waals surface area (Å²) in [5, 5.41) is 10.8. The average Bonchev–Trinajstić information content (AvgIpc) is 2.33. The summed E-state index contributed by atoms with van der Waals surface area (Å²) >= 11 is 0. The highest BCUT2D eigenvalue weighted by Gasteiger charge is 2.38. The Hall–Kier alpha value is -2.02. The Kier molecular flexibility index (Phi) is 2.76. The number of nitrogens with zero attached hydrogens (tertiary/aromatic N) is 2. The highest BCUT2D eigenvalue weighted by atomic mass is 16.2. The lowest BCUT2D eigenvalue weighted by atomic mass is 9.86. The van der Waals surface area contributed by atoms with Gasteiger partial charge in [0.15, 0.2) is 0 Å². The Labute approximate surface area is 101 Å². The number of carbonyl (C=O) groups is 1. The van der Waals surface area contributed by atoms with Crippen LogP contribution in [0.2, 0.25) is 0 Å². The van der Waals surface area contributed by atoms with Crippen molar-refractivity contribution in [3.05, 3.63) is 29.8 Å². The third-order valence-corrected chi connectivity index (χ3v) is 3.13. The number of anilines is 1. The number of aryl methyl sites for hydroxylation is 1. The van der Waals surface area contributed by atoms with Gasteiger partial charge in [-0.3, -0.25) is 15.2 Å². The molecule has 1 aliphatic rings. The number of nitrogens with one attached hydrogen (secondary N) is 1. The lowest BCUT2D eigenvalue weighted by Gasteiger charge is -2.36. The van der Waals surface area contributed by atoms with Gasteiger partial charge in [-0.05, 0) is 38.0 Å². The zero-order chi connectivity index (χ0) is 12.5. The molecule has 0 saturated carbocycles. The van der Waals surface area contributed by atoms with Crippen molar-refractivity contribution in [3.63, 3.8) is 0 Å². The largest absolute Gasteiger partial charge is 0.285 e. The molecule has 17 heavy (non-hydrogen) atoms. The Bertz CT molecular complexity index is 492. The van der Waals surface area contributed by atoms with E-state index in [1.54, 1.807) is 11.9 Å². The van der Waals surface area contributed by atoms with Crippen LogP contribution in [0.15, 0.2) is 24.3 Å². The van der Waals surface area contributed by atoms with E-state index in [4.69, 9.17) is 5.26 Å². The average molecular weight is 229 g/mol. The second-order valence-electron chi connectivity index (χ2n) is 4.63. The maximum absolute atomic E-state index is 11.8. The molecular formula is C13H15N3O. The van der Waals surface area contributed by atoms with Gasteiger partial charge in [-0.2, -0.15) is 5.26 Å². The van der Waals surface area contributed by atoms with Crippen molar-refractivity contribution in [2.75, 3.05) is 11.6 Å². The molecule has 0 spiro atoms. The number of hydrazine groups is 1. The normalized spacial score (nSPS) is 24.1. The summed E-state index contributed by atoms with van der Waals surface area (Å²) in [6, 6.07) is 9.99. The van der Waals surface area contributed by atoms with Gasteiger partial charge >= 0.3 is 0 Å². The molecule has 1 amide bonds. The Morgan fingerprint density at radius 3 is 2.88 bits per heavy atom. The summed E-state index contributed by atoms with van der Waals surface area (Å²) in [4.78, 5) is 11.8. The summed E-state index contributed by atoms with van der Waals surface area (Å²) in [6.45, 7) is 4.34. The molecule has 0 radical (unpaired) electrons. The summed E-state index contributed by atoms with van der Waals surface area (Å²) in [6.07, 6.45) is 0.545. The van der Waals surface area contributed by atoms with Crippen LogP contribution in [0.3, 0.4) is 0 Å². The van der Waals surface area contributed by atoms with E-state index < -0.39 is 5.41 Å². The fourth-order valence-electron chi connectivity index (χ4n) is 1.85. The minimum absolute atomic E-state index is 0.229. The molecule has 1 aliphatic heterocycles. The topological polar surface area (TPSA) is 56.1 Å². The summed E-state index contributed by atoms with van der Waals surface area (Å²) in [5.74, 6) is -0.229. The van der Waals surface area contributed by atoms with Crippen LogP contribution < -0.4 is 10.4 Å². The minimum atomic E-state index is -0.902. The van der Waals surface area contributed by atoms with Gasteiger partial charge in [-0.1, -0.05) is 12.1 Å². The standard InChI is InChI=1S/C13H15N3O/c1-10-4-3-5-11(8-10)16-7-6-13(2,9-14)12(17)15-16/h3-5,8H,6-7H2,1-2H3,(H,15,17).